The Hall–Kier alpha value is -3.50. The maximum Gasteiger partial charge on any atom is 0.409 e. The lowest BCUT2D eigenvalue weighted by Gasteiger charge is -2.38. The fraction of sp³-hybridized carbons (Fsp3) is 0.545. The lowest BCUT2D eigenvalue weighted by Crippen LogP contribution is -2.58. The summed E-state index contributed by atoms with van der Waals surface area (Å²) in [6, 6.07) is 4.34. The van der Waals surface area contributed by atoms with E-state index in [1.807, 2.05) is 4.90 Å². The van der Waals surface area contributed by atoms with Crippen LogP contribution in [0.15, 0.2) is 23.2 Å². The zero-order valence-electron chi connectivity index (χ0n) is 19.3. The van der Waals surface area contributed by atoms with Crippen molar-refractivity contribution in [2.24, 2.45) is 10.9 Å². The fourth-order valence-electron chi connectivity index (χ4n) is 3.82. The average molecular weight is 463 g/mol. The molecule has 2 atom stereocenters. The third kappa shape index (κ3) is 5.29. The van der Waals surface area contributed by atoms with Gasteiger partial charge in [0, 0.05) is 26.2 Å². The highest BCUT2D eigenvalue weighted by Crippen LogP contribution is 2.36. The van der Waals surface area contributed by atoms with Crippen LogP contribution >= 0.6 is 0 Å². The Morgan fingerprint density at radius 1 is 1.03 bits per heavy atom. The minimum Gasteiger partial charge on any atom is -0.493 e. The van der Waals surface area contributed by atoms with Gasteiger partial charge >= 0.3 is 12.1 Å². The number of benzene rings is 1. The van der Waals surface area contributed by atoms with E-state index in [1.54, 1.807) is 36.9 Å². The van der Waals surface area contributed by atoms with Gasteiger partial charge in [0.25, 0.3) is 0 Å². The van der Waals surface area contributed by atoms with E-state index in [-0.39, 0.29) is 12.7 Å². The Morgan fingerprint density at radius 3 is 2.30 bits per heavy atom. The van der Waals surface area contributed by atoms with E-state index in [9.17, 15) is 14.4 Å². The van der Waals surface area contributed by atoms with Crippen molar-refractivity contribution >= 4 is 23.9 Å². The van der Waals surface area contributed by atoms with Crippen LogP contribution in [0.5, 0.6) is 11.5 Å². The molecule has 0 bridgehead atoms. The molecule has 0 aliphatic carbocycles. The van der Waals surface area contributed by atoms with Crippen molar-refractivity contribution < 1.29 is 33.3 Å². The van der Waals surface area contributed by atoms with Crippen LogP contribution in [-0.2, 0) is 19.1 Å². The number of ether oxygens (including phenoxy) is 4. The molecule has 1 fully saturated rings. The molecule has 33 heavy (non-hydrogen) atoms. The summed E-state index contributed by atoms with van der Waals surface area (Å²) in [5.41, 5.74) is 0.614. The molecule has 2 aliphatic heterocycles. The first-order chi connectivity index (χ1) is 15.9. The molecule has 0 spiro atoms. The first kappa shape index (κ1) is 24.1. The van der Waals surface area contributed by atoms with Gasteiger partial charge in [0.15, 0.2) is 17.4 Å². The Kier molecular flexibility index (Phi) is 7.96. The maximum absolute atomic E-state index is 13.0. The van der Waals surface area contributed by atoms with E-state index in [2.05, 4.69) is 5.32 Å². The Balaban J connectivity index is 1.90. The molecule has 0 unspecified atom stereocenters. The minimum atomic E-state index is -1.15. The predicted molar refractivity (Wildman–Crippen MR) is 118 cm³/mol. The topological polar surface area (TPSA) is 119 Å². The molecule has 1 saturated heterocycles. The van der Waals surface area contributed by atoms with Crippen molar-refractivity contribution in [2.75, 3.05) is 53.6 Å². The van der Waals surface area contributed by atoms with Gasteiger partial charge in [-0.25, -0.2) is 9.79 Å². The molecule has 11 nitrogen and oxygen atoms in total. The van der Waals surface area contributed by atoms with Gasteiger partial charge in [-0.1, -0.05) is 6.07 Å². The lowest BCUT2D eigenvalue weighted by atomic mass is 9.91. The summed E-state index contributed by atoms with van der Waals surface area (Å²) < 4.78 is 20.9. The number of nitrogens with one attached hydrogen (secondary N) is 1. The number of esters is 1. The molecule has 1 aromatic rings. The molecule has 0 radical (unpaired) electrons. The summed E-state index contributed by atoms with van der Waals surface area (Å²) in [5, 5.41) is 2.74. The standard InChI is InChI=1S/C22H30N4O7/c1-5-32-20(28)17-18(14-7-8-15(30-3)16(13-14)31-4)23-21(24-19(17)27)25-9-11-26(12-10-25)22(29)33-6-2/h7-8,13,17-18H,5-6,9-12H2,1-4H3,(H,23,24,27)/t17-,18+/m1/s1. The van der Waals surface area contributed by atoms with Crippen molar-refractivity contribution in [3.8, 4) is 11.5 Å². The number of carbonyl (C=O) groups is 3. The number of piperazine rings is 1. The lowest BCUT2D eigenvalue weighted by molar-refractivity contribution is -0.153. The summed E-state index contributed by atoms with van der Waals surface area (Å²) in [4.78, 5) is 45.9. The van der Waals surface area contributed by atoms with Crippen LogP contribution in [0, 0.1) is 5.92 Å². The summed E-state index contributed by atoms with van der Waals surface area (Å²) in [6.07, 6.45) is -0.364. The van der Waals surface area contributed by atoms with Gasteiger partial charge in [-0.15, -0.1) is 0 Å². The van der Waals surface area contributed by atoms with Gasteiger partial charge in [-0.2, -0.15) is 0 Å². The molecule has 1 aromatic carbocycles. The molecular weight excluding hydrogens is 432 g/mol. The van der Waals surface area contributed by atoms with Crippen LogP contribution in [0.2, 0.25) is 0 Å². The highest BCUT2D eigenvalue weighted by molar-refractivity contribution is 6.08. The second-order valence-corrected chi connectivity index (χ2v) is 7.40. The molecule has 2 amide bonds. The zero-order valence-corrected chi connectivity index (χ0v) is 19.3. The van der Waals surface area contributed by atoms with Gasteiger partial charge in [0.2, 0.25) is 11.9 Å². The number of carbonyl (C=O) groups excluding carboxylic acids is 3. The Bertz CT molecular complexity index is 912. The van der Waals surface area contributed by atoms with E-state index in [1.165, 1.54) is 14.2 Å². The van der Waals surface area contributed by atoms with Crippen molar-refractivity contribution in [1.82, 2.24) is 15.1 Å². The van der Waals surface area contributed by atoms with Crippen LogP contribution in [0.3, 0.4) is 0 Å². The smallest absolute Gasteiger partial charge is 0.409 e. The molecule has 1 N–H and O–H groups in total. The van der Waals surface area contributed by atoms with Gasteiger partial charge < -0.3 is 28.7 Å². The Morgan fingerprint density at radius 2 is 1.70 bits per heavy atom. The maximum atomic E-state index is 13.0. The van der Waals surface area contributed by atoms with Gasteiger partial charge in [0.1, 0.15) is 6.04 Å². The fourth-order valence-corrected chi connectivity index (χ4v) is 3.82. The first-order valence-corrected chi connectivity index (χ1v) is 10.9. The number of methoxy groups -OCH3 is 2. The number of guanidine groups is 1. The predicted octanol–water partition coefficient (Wildman–Crippen LogP) is 1.18. The molecule has 2 heterocycles. The molecule has 2 aliphatic rings. The van der Waals surface area contributed by atoms with Gasteiger partial charge in [-0.3, -0.25) is 14.9 Å². The van der Waals surface area contributed by atoms with Crippen LogP contribution in [0.1, 0.15) is 25.5 Å². The third-order valence-corrected chi connectivity index (χ3v) is 5.49. The highest BCUT2D eigenvalue weighted by Gasteiger charge is 2.42. The molecular formula is C22H30N4O7. The summed E-state index contributed by atoms with van der Waals surface area (Å²) in [5.74, 6) is -0.955. The number of aliphatic imine (C=N–C) groups is 1. The molecule has 0 saturated carbocycles. The third-order valence-electron chi connectivity index (χ3n) is 5.49. The SMILES string of the molecule is CCOC(=O)[C@H]1C(=O)NC(N2CCN(C(=O)OCC)CC2)=N[C@H]1c1ccc(OC)c(OC)c1. The first-order valence-electron chi connectivity index (χ1n) is 10.9. The number of rotatable bonds is 6. The van der Waals surface area contributed by atoms with Crippen molar-refractivity contribution in [1.29, 1.82) is 0 Å². The van der Waals surface area contributed by atoms with E-state index in [0.29, 0.717) is 55.8 Å². The van der Waals surface area contributed by atoms with Crippen LogP contribution in [-0.4, -0.2) is 87.3 Å². The molecule has 0 aromatic heterocycles. The normalized spacial score (nSPS) is 20.5. The van der Waals surface area contributed by atoms with Crippen LogP contribution < -0.4 is 14.8 Å². The largest absolute Gasteiger partial charge is 0.493 e. The van der Waals surface area contributed by atoms with Crippen molar-refractivity contribution in [2.45, 2.75) is 19.9 Å². The number of amides is 2. The van der Waals surface area contributed by atoms with Gasteiger partial charge in [0.05, 0.1) is 27.4 Å². The summed E-state index contributed by atoms with van der Waals surface area (Å²) >= 11 is 0. The quantitative estimate of drug-likeness (QED) is 0.495. The summed E-state index contributed by atoms with van der Waals surface area (Å²) in [7, 11) is 3.04. The monoisotopic (exact) mass is 462 g/mol. The van der Waals surface area contributed by atoms with Gasteiger partial charge in [-0.05, 0) is 31.5 Å². The van der Waals surface area contributed by atoms with E-state index < -0.39 is 23.8 Å². The molecule has 180 valence electrons. The van der Waals surface area contributed by atoms with E-state index in [4.69, 9.17) is 23.9 Å². The van der Waals surface area contributed by atoms with E-state index >= 15 is 0 Å². The number of hydrogen-bond donors (Lipinski definition) is 1. The molecule has 11 heteroatoms. The van der Waals surface area contributed by atoms with Crippen LogP contribution in [0.25, 0.3) is 0 Å². The second-order valence-electron chi connectivity index (χ2n) is 7.40. The van der Waals surface area contributed by atoms with Crippen LogP contribution in [0.4, 0.5) is 4.79 Å². The average Bonchev–Trinajstić information content (AvgIpc) is 2.83. The number of hydrogen-bond acceptors (Lipinski definition) is 9. The summed E-state index contributed by atoms with van der Waals surface area (Å²) in [6.45, 7) is 5.67. The second kappa shape index (κ2) is 10.9. The minimum absolute atomic E-state index is 0.146. The highest BCUT2D eigenvalue weighted by atomic mass is 16.6. The zero-order chi connectivity index (χ0) is 24.0. The molecule has 3 rings (SSSR count). The van der Waals surface area contributed by atoms with Crippen molar-refractivity contribution in [3.05, 3.63) is 23.8 Å². The van der Waals surface area contributed by atoms with E-state index in [0.717, 1.165) is 0 Å². The Labute approximate surface area is 192 Å². The van der Waals surface area contributed by atoms with Crippen molar-refractivity contribution in [3.63, 3.8) is 0 Å². The number of nitrogens with zero attached hydrogens (tertiary/aromatic N) is 3.